The molecular formula is C14H20N2O3. The van der Waals surface area contributed by atoms with Crippen molar-refractivity contribution in [1.82, 2.24) is 10.2 Å². The van der Waals surface area contributed by atoms with Crippen molar-refractivity contribution in [1.29, 1.82) is 0 Å². The predicted octanol–water partition coefficient (Wildman–Crippen LogP) is 0.809. The van der Waals surface area contributed by atoms with Gasteiger partial charge in [-0.25, -0.2) is 4.79 Å². The van der Waals surface area contributed by atoms with E-state index in [-0.39, 0.29) is 23.9 Å². The number of piperidine rings is 2. The first-order valence-corrected chi connectivity index (χ1v) is 7.04. The van der Waals surface area contributed by atoms with E-state index in [1.54, 1.807) is 6.92 Å². The summed E-state index contributed by atoms with van der Waals surface area (Å²) in [7, 11) is 0. The molecule has 1 amide bonds. The topological polar surface area (TPSA) is 58.6 Å². The van der Waals surface area contributed by atoms with E-state index < -0.39 is 0 Å². The minimum Gasteiger partial charge on any atom is -0.456 e. The largest absolute Gasteiger partial charge is 0.456 e. The molecule has 3 heterocycles. The minimum absolute atomic E-state index is 0.202. The van der Waals surface area contributed by atoms with Gasteiger partial charge in [0.25, 0.3) is 0 Å². The number of hydrogen-bond acceptors (Lipinski definition) is 4. The lowest BCUT2D eigenvalue weighted by Crippen LogP contribution is -2.52. The number of ether oxygens (including phenoxy) is 1. The number of rotatable bonds is 1. The molecule has 0 bridgehead atoms. The maximum absolute atomic E-state index is 12.8. The molecule has 3 aliphatic heterocycles. The maximum atomic E-state index is 12.8. The van der Waals surface area contributed by atoms with Crippen LogP contribution in [0.2, 0.25) is 0 Å². The SMILES string of the molecule is CC1=C(N2CCCC3(CCNCC3)C2=O)COC1=O. The van der Waals surface area contributed by atoms with Crippen LogP contribution in [0, 0.1) is 5.41 Å². The fourth-order valence-corrected chi connectivity index (χ4v) is 3.45. The van der Waals surface area contributed by atoms with Crippen molar-refractivity contribution < 1.29 is 14.3 Å². The zero-order chi connectivity index (χ0) is 13.5. The molecular weight excluding hydrogens is 244 g/mol. The van der Waals surface area contributed by atoms with Crippen molar-refractivity contribution in [2.45, 2.75) is 32.6 Å². The molecule has 1 N–H and O–H groups in total. The number of hydrogen-bond donors (Lipinski definition) is 1. The van der Waals surface area contributed by atoms with Gasteiger partial charge in [-0.05, 0) is 45.7 Å². The fraction of sp³-hybridized carbons (Fsp3) is 0.714. The molecule has 0 aromatic carbocycles. The molecule has 1 spiro atoms. The molecule has 3 rings (SSSR count). The van der Waals surface area contributed by atoms with Crippen LogP contribution in [-0.2, 0) is 14.3 Å². The average Bonchev–Trinajstić information content (AvgIpc) is 2.75. The zero-order valence-electron chi connectivity index (χ0n) is 11.3. The standard InChI is InChI=1S/C14H20N2O3/c1-10-11(9-19-12(10)17)16-8-2-3-14(13(16)18)4-6-15-7-5-14/h15H,2-9H2,1H3. The summed E-state index contributed by atoms with van der Waals surface area (Å²) in [5, 5.41) is 3.32. The summed E-state index contributed by atoms with van der Waals surface area (Å²) in [6, 6.07) is 0. The second kappa shape index (κ2) is 4.63. The third-order valence-corrected chi connectivity index (χ3v) is 4.70. The Kier molecular flexibility index (Phi) is 3.09. The lowest BCUT2D eigenvalue weighted by atomic mass is 9.72. The fourth-order valence-electron chi connectivity index (χ4n) is 3.45. The van der Waals surface area contributed by atoms with E-state index >= 15 is 0 Å². The first kappa shape index (κ1) is 12.7. The van der Waals surface area contributed by atoms with Crippen LogP contribution in [-0.4, -0.2) is 43.0 Å². The van der Waals surface area contributed by atoms with E-state index in [0.29, 0.717) is 5.57 Å². The quantitative estimate of drug-likeness (QED) is 0.712. The molecule has 0 unspecified atom stereocenters. The number of esters is 1. The summed E-state index contributed by atoms with van der Waals surface area (Å²) >= 11 is 0. The molecule has 2 fully saturated rings. The normalized spacial score (nSPS) is 27.1. The highest BCUT2D eigenvalue weighted by Crippen LogP contribution is 2.41. The first-order valence-electron chi connectivity index (χ1n) is 7.04. The number of amides is 1. The Bertz CT molecular complexity index is 444. The van der Waals surface area contributed by atoms with Gasteiger partial charge in [0.1, 0.15) is 6.61 Å². The summed E-state index contributed by atoms with van der Waals surface area (Å²) in [5.74, 6) is -0.0827. The zero-order valence-corrected chi connectivity index (χ0v) is 11.3. The third-order valence-electron chi connectivity index (χ3n) is 4.70. The van der Waals surface area contributed by atoms with Gasteiger partial charge in [0.15, 0.2) is 0 Å². The van der Waals surface area contributed by atoms with Crippen LogP contribution in [0.25, 0.3) is 0 Å². The molecule has 0 aromatic heterocycles. The molecule has 5 heteroatoms. The number of nitrogens with one attached hydrogen (secondary N) is 1. The van der Waals surface area contributed by atoms with Crippen molar-refractivity contribution in [3.8, 4) is 0 Å². The van der Waals surface area contributed by atoms with Crippen LogP contribution >= 0.6 is 0 Å². The Morgan fingerprint density at radius 2 is 1.95 bits per heavy atom. The molecule has 104 valence electrons. The monoisotopic (exact) mass is 264 g/mol. The Morgan fingerprint density at radius 3 is 2.58 bits per heavy atom. The number of cyclic esters (lactones) is 1. The molecule has 0 aromatic rings. The van der Waals surface area contributed by atoms with Gasteiger partial charge >= 0.3 is 5.97 Å². The number of carbonyl (C=O) groups is 2. The summed E-state index contributed by atoms with van der Waals surface area (Å²) in [6.07, 6.45) is 3.80. The molecule has 0 radical (unpaired) electrons. The van der Waals surface area contributed by atoms with Crippen molar-refractivity contribution in [3.05, 3.63) is 11.3 Å². The molecule has 5 nitrogen and oxygen atoms in total. The summed E-state index contributed by atoms with van der Waals surface area (Å²) in [4.78, 5) is 26.1. The molecule has 0 saturated carbocycles. The van der Waals surface area contributed by atoms with Gasteiger partial charge in [-0.3, -0.25) is 4.79 Å². The van der Waals surface area contributed by atoms with E-state index in [0.717, 1.165) is 51.0 Å². The van der Waals surface area contributed by atoms with Crippen LogP contribution in [0.15, 0.2) is 11.3 Å². The minimum atomic E-state index is -0.285. The van der Waals surface area contributed by atoms with E-state index in [2.05, 4.69) is 5.32 Å². The molecule has 19 heavy (non-hydrogen) atoms. The number of nitrogens with zero attached hydrogens (tertiary/aromatic N) is 1. The van der Waals surface area contributed by atoms with E-state index in [4.69, 9.17) is 4.74 Å². The lowest BCUT2D eigenvalue weighted by molar-refractivity contribution is -0.146. The van der Waals surface area contributed by atoms with Crippen molar-refractivity contribution in [3.63, 3.8) is 0 Å². The lowest BCUT2D eigenvalue weighted by Gasteiger charge is -2.44. The van der Waals surface area contributed by atoms with Crippen LogP contribution in [0.4, 0.5) is 0 Å². The summed E-state index contributed by atoms with van der Waals surface area (Å²) < 4.78 is 5.04. The molecule has 0 aliphatic carbocycles. The van der Waals surface area contributed by atoms with Crippen LogP contribution in [0.3, 0.4) is 0 Å². The van der Waals surface area contributed by atoms with Gasteiger partial charge in [-0.2, -0.15) is 0 Å². The van der Waals surface area contributed by atoms with Gasteiger partial charge in [0.2, 0.25) is 5.91 Å². The molecule has 2 saturated heterocycles. The third kappa shape index (κ3) is 1.96. The Labute approximate surface area is 113 Å². The van der Waals surface area contributed by atoms with E-state index in [1.165, 1.54) is 0 Å². The highest BCUT2D eigenvalue weighted by molar-refractivity contribution is 5.93. The highest BCUT2D eigenvalue weighted by atomic mass is 16.5. The van der Waals surface area contributed by atoms with Gasteiger partial charge in [0, 0.05) is 6.54 Å². The van der Waals surface area contributed by atoms with Gasteiger partial charge in [-0.15, -0.1) is 0 Å². The molecule has 3 aliphatic rings. The maximum Gasteiger partial charge on any atom is 0.336 e. The van der Waals surface area contributed by atoms with Crippen LogP contribution < -0.4 is 5.32 Å². The van der Waals surface area contributed by atoms with Crippen LogP contribution in [0.1, 0.15) is 32.6 Å². The second-order valence-electron chi connectivity index (χ2n) is 5.74. The summed E-state index contributed by atoms with van der Waals surface area (Å²) in [5.41, 5.74) is 1.18. The average molecular weight is 264 g/mol. The smallest absolute Gasteiger partial charge is 0.336 e. The van der Waals surface area contributed by atoms with Gasteiger partial charge in [-0.1, -0.05) is 0 Å². The van der Waals surface area contributed by atoms with Crippen LogP contribution in [0.5, 0.6) is 0 Å². The molecule has 0 atom stereocenters. The highest BCUT2D eigenvalue weighted by Gasteiger charge is 2.46. The van der Waals surface area contributed by atoms with Gasteiger partial charge < -0.3 is 15.0 Å². The van der Waals surface area contributed by atoms with Crippen molar-refractivity contribution in [2.24, 2.45) is 5.41 Å². The van der Waals surface area contributed by atoms with E-state index in [9.17, 15) is 9.59 Å². The first-order chi connectivity index (χ1) is 9.14. The van der Waals surface area contributed by atoms with Crippen molar-refractivity contribution in [2.75, 3.05) is 26.2 Å². The summed E-state index contributed by atoms with van der Waals surface area (Å²) in [6.45, 7) is 4.55. The Balaban J connectivity index is 1.87. The Morgan fingerprint density at radius 1 is 1.21 bits per heavy atom. The van der Waals surface area contributed by atoms with E-state index in [1.807, 2.05) is 4.90 Å². The Hall–Kier alpha value is -1.36. The predicted molar refractivity (Wildman–Crippen MR) is 69.1 cm³/mol. The second-order valence-corrected chi connectivity index (χ2v) is 5.74. The van der Waals surface area contributed by atoms with Gasteiger partial charge in [0.05, 0.1) is 16.7 Å². The number of carbonyl (C=O) groups excluding carboxylic acids is 2. The number of likely N-dealkylation sites (tertiary alicyclic amines) is 1. The van der Waals surface area contributed by atoms with Crippen molar-refractivity contribution >= 4 is 11.9 Å².